The summed E-state index contributed by atoms with van der Waals surface area (Å²) in [6.07, 6.45) is 7.57. The highest BCUT2D eigenvalue weighted by Gasteiger charge is 2.22. The van der Waals surface area contributed by atoms with E-state index in [2.05, 4.69) is 25.2 Å². The molecule has 184 valence electrons. The molecular weight excluding hydrogens is 471 g/mol. The van der Waals surface area contributed by atoms with Gasteiger partial charge in [-0.05, 0) is 45.0 Å². The second-order valence-electron chi connectivity index (χ2n) is 8.64. The molecule has 0 saturated carbocycles. The van der Waals surface area contributed by atoms with E-state index in [1.165, 1.54) is 19.1 Å². The van der Waals surface area contributed by atoms with Gasteiger partial charge in [-0.2, -0.15) is 10.2 Å². The molecule has 0 unspecified atom stereocenters. The third-order valence-corrected chi connectivity index (χ3v) is 7.67. The van der Waals surface area contributed by atoms with Crippen LogP contribution in [-0.2, 0) is 17.1 Å². The van der Waals surface area contributed by atoms with Crippen molar-refractivity contribution in [3.63, 3.8) is 0 Å². The maximum Gasteiger partial charge on any atom is 0.232 e. The quantitative estimate of drug-likeness (QED) is 0.372. The van der Waals surface area contributed by atoms with Gasteiger partial charge in [-0.3, -0.25) is 14.1 Å². The van der Waals surface area contributed by atoms with Crippen molar-refractivity contribution in [3.05, 3.63) is 42.6 Å². The molecule has 0 radical (unpaired) electrons. The highest BCUT2D eigenvalue weighted by Crippen LogP contribution is 2.37. The fourth-order valence-electron chi connectivity index (χ4n) is 4.48. The van der Waals surface area contributed by atoms with Crippen LogP contribution in [0.2, 0.25) is 0 Å². The minimum atomic E-state index is -3.60. The molecule has 0 bridgehead atoms. The van der Waals surface area contributed by atoms with Crippen LogP contribution in [0.1, 0.15) is 25.8 Å². The molecule has 3 aromatic heterocycles. The number of nitrogens with one attached hydrogen (secondary N) is 2. The molecular formula is C23H27FN8O2S. The highest BCUT2D eigenvalue weighted by molar-refractivity contribution is 7.92. The van der Waals surface area contributed by atoms with Gasteiger partial charge >= 0.3 is 0 Å². The molecule has 1 saturated heterocycles. The summed E-state index contributed by atoms with van der Waals surface area (Å²) < 4.78 is 44.5. The number of aryl methyl sites for hydroxylation is 1. The number of piperidine rings is 1. The largest absolute Gasteiger partial charge is 0.383 e. The number of halogens is 1. The SMILES string of the molecule is CCS(=O)(=O)Nc1ccc(-c2nn(C)c3c(-c4cnn(C5CCNCC5)c4)cnc(N)c23)cc1F. The van der Waals surface area contributed by atoms with Crippen molar-refractivity contribution in [3.8, 4) is 22.4 Å². The normalized spacial score (nSPS) is 15.1. The third-order valence-electron chi connectivity index (χ3n) is 6.37. The lowest BCUT2D eigenvalue weighted by molar-refractivity contribution is 0.343. The lowest BCUT2D eigenvalue weighted by atomic mass is 10.0. The molecule has 10 nitrogen and oxygen atoms in total. The summed E-state index contributed by atoms with van der Waals surface area (Å²) in [5, 5.41) is 13.2. The van der Waals surface area contributed by atoms with Gasteiger partial charge in [0.1, 0.15) is 17.3 Å². The number of anilines is 2. The van der Waals surface area contributed by atoms with Gasteiger partial charge in [-0.1, -0.05) is 6.07 Å². The van der Waals surface area contributed by atoms with Crippen molar-refractivity contribution in [1.29, 1.82) is 0 Å². The molecule has 0 aliphatic carbocycles. The maximum absolute atomic E-state index is 14.8. The van der Waals surface area contributed by atoms with Gasteiger partial charge in [0.2, 0.25) is 10.0 Å². The van der Waals surface area contributed by atoms with Gasteiger partial charge in [0, 0.05) is 36.1 Å². The standard InChI is InChI=1S/C23H27FN8O2S/c1-3-35(33,34)30-19-5-4-14(10-18(19)24)21-20-22(31(2)29-21)17(12-27-23(20)25)15-11-28-32(13-15)16-6-8-26-9-7-16/h4-5,10-13,16,26,30H,3,6-9H2,1-2H3,(H2,25,27). The number of fused-ring (bicyclic) bond motifs is 1. The zero-order chi connectivity index (χ0) is 24.7. The topological polar surface area (TPSA) is 133 Å². The van der Waals surface area contributed by atoms with Crippen LogP contribution in [0, 0.1) is 5.82 Å². The van der Waals surface area contributed by atoms with Crippen molar-refractivity contribution in [2.45, 2.75) is 25.8 Å². The minimum absolute atomic E-state index is 0.118. The van der Waals surface area contributed by atoms with E-state index in [0.717, 1.165) is 42.6 Å². The van der Waals surface area contributed by atoms with E-state index in [9.17, 15) is 12.8 Å². The molecule has 1 aromatic carbocycles. The van der Waals surface area contributed by atoms with Crippen molar-refractivity contribution in [1.82, 2.24) is 29.9 Å². The molecule has 0 atom stereocenters. The van der Waals surface area contributed by atoms with Crippen molar-refractivity contribution in [2.24, 2.45) is 7.05 Å². The Hall–Kier alpha value is -3.51. The third kappa shape index (κ3) is 4.34. The number of aromatic nitrogens is 5. The van der Waals surface area contributed by atoms with Crippen LogP contribution < -0.4 is 15.8 Å². The molecule has 4 N–H and O–H groups in total. The summed E-state index contributed by atoms with van der Waals surface area (Å²) in [7, 11) is -1.81. The smallest absolute Gasteiger partial charge is 0.232 e. The Bertz CT molecular complexity index is 1510. The Labute approximate surface area is 202 Å². The molecule has 12 heteroatoms. The first-order chi connectivity index (χ1) is 16.8. The zero-order valence-electron chi connectivity index (χ0n) is 19.5. The fourth-order valence-corrected chi connectivity index (χ4v) is 5.13. The van der Waals surface area contributed by atoms with E-state index in [-0.39, 0.29) is 17.3 Å². The molecule has 5 rings (SSSR count). The second kappa shape index (κ2) is 8.93. The summed E-state index contributed by atoms with van der Waals surface area (Å²) >= 11 is 0. The first kappa shape index (κ1) is 23.2. The highest BCUT2D eigenvalue weighted by atomic mass is 32.2. The lowest BCUT2D eigenvalue weighted by Crippen LogP contribution is -2.29. The molecule has 35 heavy (non-hydrogen) atoms. The number of hydrogen-bond acceptors (Lipinski definition) is 7. The van der Waals surface area contributed by atoms with Crippen LogP contribution in [0.5, 0.6) is 0 Å². The molecule has 0 amide bonds. The summed E-state index contributed by atoms with van der Waals surface area (Å²) in [6, 6.07) is 4.58. The number of nitrogens with two attached hydrogens (primary N) is 1. The van der Waals surface area contributed by atoms with Crippen molar-refractivity contribution < 1.29 is 12.8 Å². The Morgan fingerprint density at radius 2 is 2.00 bits per heavy atom. The van der Waals surface area contributed by atoms with Crippen LogP contribution >= 0.6 is 0 Å². The first-order valence-electron chi connectivity index (χ1n) is 11.4. The predicted molar refractivity (Wildman–Crippen MR) is 134 cm³/mol. The van der Waals surface area contributed by atoms with Crippen LogP contribution in [-0.4, -0.2) is 51.8 Å². The molecule has 4 aromatic rings. The summed E-state index contributed by atoms with van der Waals surface area (Å²) in [6.45, 7) is 3.42. The van der Waals surface area contributed by atoms with E-state index in [0.29, 0.717) is 22.7 Å². The van der Waals surface area contributed by atoms with Crippen LogP contribution in [0.3, 0.4) is 0 Å². The van der Waals surface area contributed by atoms with Gasteiger partial charge in [-0.25, -0.2) is 17.8 Å². The average molecular weight is 499 g/mol. The Balaban J connectivity index is 1.57. The molecule has 1 aliphatic rings. The van der Waals surface area contributed by atoms with Gasteiger partial charge in [0.15, 0.2) is 0 Å². The van der Waals surface area contributed by atoms with Crippen molar-refractivity contribution >= 4 is 32.4 Å². The number of pyridine rings is 1. The number of nitrogens with zero attached hydrogens (tertiary/aromatic N) is 5. The molecule has 1 fully saturated rings. The second-order valence-corrected chi connectivity index (χ2v) is 10.7. The number of benzene rings is 1. The fraction of sp³-hybridized carbons (Fsp3) is 0.348. The molecule has 0 spiro atoms. The van der Waals surface area contributed by atoms with Gasteiger partial charge in [0.25, 0.3) is 0 Å². The van der Waals surface area contributed by atoms with Crippen LogP contribution in [0.4, 0.5) is 15.9 Å². The maximum atomic E-state index is 14.8. The number of rotatable bonds is 6. The lowest BCUT2D eigenvalue weighted by Gasteiger charge is -2.22. The Morgan fingerprint density at radius 3 is 2.71 bits per heavy atom. The van der Waals surface area contributed by atoms with Crippen LogP contribution in [0.15, 0.2) is 36.8 Å². The monoisotopic (exact) mass is 498 g/mol. The number of hydrogen-bond donors (Lipinski definition) is 3. The minimum Gasteiger partial charge on any atom is -0.383 e. The predicted octanol–water partition coefficient (Wildman–Crippen LogP) is 2.91. The van der Waals surface area contributed by atoms with E-state index < -0.39 is 15.8 Å². The van der Waals surface area contributed by atoms with Gasteiger partial charge in [0.05, 0.1) is 34.6 Å². The number of nitrogen functional groups attached to an aromatic ring is 1. The van der Waals surface area contributed by atoms with E-state index in [1.807, 2.05) is 17.1 Å². The average Bonchev–Trinajstić information content (AvgIpc) is 3.47. The molecule has 1 aliphatic heterocycles. The van der Waals surface area contributed by atoms with E-state index >= 15 is 0 Å². The molecule has 4 heterocycles. The number of sulfonamides is 1. The summed E-state index contributed by atoms with van der Waals surface area (Å²) in [5.74, 6) is -0.587. The van der Waals surface area contributed by atoms with Crippen molar-refractivity contribution in [2.75, 3.05) is 29.3 Å². The Kier molecular flexibility index (Phi) is 5.93. The van der Waals surface area contributed by atoms with Gasteiger partial charge in [-0.15, -0.1) is 0 Å². The summed E-state index contributed by atoms with van der Waals surface area (Å²) in [4.78, 5) is 4.40. The van der Waals surface area contributed by atoms with E-state index in [1.54, 1.807) is 24.0 Å². The van der Waals surface area contributed by atoms with Gasteiger partial charge < -0.3 is 11.1 Å². The summed E-state index contributed by atoms with van der Waals surface area (Å²) in [5.41, 5.74) is 9.55. The first-order valence-corrected chi connectivity index (χ1v) is 13.1. The van der Waals surface area contributed by atoms with E-state index in [4.69, 9.17) is 5.73 Å². The Morgan fingerprint density at radius 1 is 1.23 bits per heavy atom. The van der Waals surface area contributed by atoms with Crippen LogP contribution in [0.25, 0.3) is 33.3 Å². The zero-order valence-corrected chi connectivity index (χ0v) is 20.3.